The van der Waals surface area contributed by atoms with Gasteiger partial charge in [-0.15, -0.1) is 0 Å². The number of furan rings is 2. The number of hydrogen-bond acceptors (Lipinski definition) is 2. The molecule has 0 aliphatic rings. The summed E-state index contributed by atoms with van der Waals surface area (Å²) in [5.74, 6) is 0. The third-order valence-corrected chi connectivity index (χ3v) is 15.4. The summed E-state index contributed by atoms with van der Waals surface area (Å²) < 4.78 is 18.8. The van der Waals surface area contributed by atoms with Crippen LogP contribution >= 0.6 is 90.4 Å². The number of rotatable bonds is 0. The molecule has 0 spiro atoms. The van der Waals surface area contributed by atoms with Gasteiger partial charge in [-0.3, -0.25) is 0 Å². The minimum Gasteiger partial charge on any atom is -0.454 e. The van der Waals surface area contributed by atoms with Crippen molar-refractivity contribution in [2.24, 2.45) is 0 Å². The first kappa shape index (κ1) is 30.0. The molecule has 0 radical (unpaired) electrons. The monoisotopic (exact) mass is 1020 g/mol. The Morgan fingerprint density at radius 3 is 1.16 bits per heavy atom. The van der Waals surface area contributed by atoms with E-state index in [0.717, 1.165) is 51.0 Å². The van der Waals surface area contributed by atoms with Gasteiger partial charge in [0.1, 0.15) is 11.2 Å². The van der Waals surface area contributed by atoms with E-state index in [9.17, 15) is 0 Å². The molecule has 8 rings (SSSR count). The van der Waals surface area contributed by atoms with Gasteiger partial charge in [0, 0.05) is 39.5 Å². The van der Waals surface area contributed by atoms with E-state index in [2.05, 4.69) is 193 Å². The van der Waals surface area contributed by atoms with Crippen molar-refractivity contribution >= 4 is 167 Å². The molecule has 0 amide bonds. The first-order valence-electron chi connectivity index (χ1n) is 14.6. The normalized spacial score (nSPS) is 13.2. The molecule has 6 aromatic carbocycles. The van der Waals surface area contributed by atoms with Crippen LogP contribution in [0.1, 0.15) is 52.7 Å². The maximum Gasteiger partial charge on any atom is 0.150 e. The molecule has 0 N–H and O–H groups in total. The minimum atomic E-state index is 0.0190. The lowest BCUT2D eigenvalue weighted by Gasteiger charge is -2.20. The summed E-state index contributed by atoms with van der Waals surface area (Å²) in [5.41, 5.74) is 6.44. The van der Waals surface area contributed by atoms with E-state index in [0.29, 0.717) is 0 Å². The van der Waals surface area contributed by atoms with E-state index in [1.807, 2.05) is 0 Å². The molecule has 6 heteroatoms. The van der Waals surface area contributed by atoms with Crippen LogP contribution in [0.15, 0.2) is 69.5 Å². The van der Waals surface area contributed by atoms with Crippen LogP contribution < -0.4 is 0 Å². The van der Waals surface area contributed by atoms with Crippen molar-refractivity contribution in [2.75, 3.05) is 0 Å². The Labute approximate surface area is 310 Å². The maximum absolute atomic E-state index is 7.02. The van der Waals surface area contributed by atoms with Gasteiger partial charge >= 0.3 is 0 Å². The Bertz CT molecular complexity index is 2380. The molecule has 0 saturated heterocycles. The Kier molecular flexibility index (Phi) is 6.86. The van der Waals surface area contributed by atoms with Crippen LogP contribution in [0, 0.1) is 14.3 Å². The topological polar surface area (TPSA) is 26.3 Å². The minimum absolute atomic E-state index is 0.0190. The summed E-state index contributed by atoms with van der Waals surface area (Å²) in [6.45, 7) is 13.7. The molecule has 0 bridgehead atoms. The largest absolute Gasteiger partial charge is 0.454 e. The molecule has 2 heterocycles. The fourth-order valence-electron chi connectivity index (χ4n) is 6.67. The average molecular weight is 1020 g/mol. The molecule has 0 fully saturated rings. The quantitative estimate of drug-likeness (QED) is 0.142. The van der Waals surface area contributed by atoms with Crippen molar-refractivity contribution in [1.29, 1.82) is 0 Å². The lowest BCUT2D eigenvalue weighted by Crippen LogP contribution is -2.10. The van der Waals surface area contributed by atoms with Crippen molar-refractivity contribution in [2.45, 2.75) is 52.4 Å². The lowest BCUT2D eigenvalue weighted by atomic mass is 9.84. The van der Waals surface area contributed by atoms with Crippen LogP contribution in [0.2, 0.25) is 0 Å². The zero-order chi connectivity index (χ0) is 31.0. The van der Waals surface area contributed by atoms with Crippen LogP contribution in [0.4, 0.5) is 0 Å². The summed E-state index contributed by atoms with van der Waals surface area (Å²) in [6.07, 6.45) is 0. The Morgan fingerprint density at radius 2 is 0.795 bits per heavy atom. The van der Waals surface area contributed by atoms with E-state index in [1.165, 1.54) is 50.6 Å². The molecular formula is C38H28I4O2. The average Bonchev–Trinajstić information content (AvgIpc) is 3.58. The highest BCUT2D eigenvalue weighted by atomic mass is 127. The van der Waals surface area contributed by atoms with Gasteiger partial charge in [-0.2, -0.15) is 0 Å². The zero-order valence-electron chi connectivity index (χ0n) is 25.1. The molecule has 44 heavy (non-hydrogen) atoms. The Balaban J connectivity index is 1.75. The van der Waals surface area contributed by atoms with Gasteiger partial charge in [0.15, 0.2) is 11.2 Å². The predicted octanol–water partition coefficient (Wildman–Crippen LogP) is 14.0. The molecule has 0 saturated carbocycles. The van der Waals surface area contributed by atoms with E-state index in [4.69, 9.17) is 8.83 Å². The Morgan fingerprint density at radius 1 is 0.409 bits per heavy atom. The number of benzene rings is 6. The summed E-state index contributed by atoms with van der Waals surface area (Å²) in [4.78, 5) is 0. The van der Waals surface area contributed by atoms with Crippen molar-refractivity contribution < 1.29 is 8.83 Å². The van der Waals surface area contributed by atoms with Gasteiger partial charge in [0.2, 0.25) is 0 Å². The highest BCUT2D eigenvalue weighted by Crippen LogP contribution is 2.51. The molecule has 220 valence electrons. The first-order chi connectivity index (χ1) is 20.8. The third-order valence-electron chi connectivity index (χ3n) is 9.05. The SMILES string of the molecule is CC(C)(C)c1ccc2c(I)c(I)c3oc4c5ccccc5c5oc6c(I)c(I)c7ccc(C(C)(C)C)cc7c6c5c4c3c2c1. The maximum atomic E-state index is 7.02. The fourth-order valence-corrected chi connectivity index (χ4v) is 9.45. The van der Waals surface area contributed by atoms with Crippen LogP contribution in [-0.4, -0.2) is 0 Å². The summed E-state index contributed by atoms with van der Waals surface area (Å²) in [5, 5.41) is 11.8. The van der Waals surface area contributed by atoms with Crippen LogP contribution in [0.25, 0.3) is 76.2 Å². The lowest BCUT2D eigenvalue weighted by molar-refractivity contribution is 0.591. The zero-order valence-corrected chi connectivity index (χ0v) is 33.7. The van der Waals surface area contributed by atoms with E-state index < -0.39 is 0 Å². The van der Waals surface area contributed by atoms with E-state index >= 15 is 0 Å². The standard InChI is InChI=1S/C38H28I4O2/c1-37(2,3)17-11-13-19-23(15-17)25-27-28-26-24-16-18(38(4,5)6)12-14-20(24)30(40)32(42)36(26)44-34(28)22-10-8-7-9-21(22)33(27)43-35(25)31(41)29(19)39/h7-16H,1-6H3. The highest BCUT2D eigenvalue weighted by Gasteiger charge is 2.28. The van der Waals surface area contributed by atoms with Gasteiger partial charge in [-0.25, -0.2) is 0 Å². The summed E-state index contributed by atoms with van der Waals surface area (Å²) in [6, 6.07) is 22.6. The second-order valence-electron chi connectivity index (χ2n) is 13.8. The van der Waals surface area contributed by atoms with Crippen LogP contribution in [0.5, 0.6) is 0 Å². The highest BCUT2D eigenvalue weighted by molar-refractivity contribution is 14.1. The van der Waals surface area contributed by atoms with Crippen LogP contribution in [-0.2, 0) is 10.8 Å². The summed E-state index contributed by atoms with van der Waals surface area (Å²) in [7, 11) is 0. The van der Waals surface area contributed by atoms with Gasteiger partial charge < -0.3 is 8.83 Å². The fraction of sp³-hybridized carbons (Fsp3) is 0.211. The molecule has 0 unspecified atom stereocenters. The smallest absolute Gasteiger partial charge is 0.150 e. The Hall–Kier alpha value is -1.38. The molecule has 2 aromatic heterocycles. The third kappa shape index (κ3) is 4.17. The van der Waals surface area contributed by atoms with Crippen LogP contribution in [0.3, 0.4) is 0 Å². The van der Waals surface area contributed by atoms with Crippen molar-refractivity contribution in [3.63, 3.8) is 0 Å². The number of hydrogen-bond donors (Lipinski definition) is 0. The predicted molar refractivity (Wildman–Crippen MR) is 222 cm³/mol. The molecule has 2 nitrogen and oxygen atoms in total. The molecule has 0 atom stereocenters. The molecular weight excluding hydrogens is 996 g/mol. The second kappa shape index (κ2) is 10.1. The molecule has 0 aliphatic carbocycles. The molecule has 8 aromatic rings. The van der Waals surface area contributed by atoms with Crippen molar-refractivity contribution in [3.8, 4) is 0 Å². The van der Waals surface area contributed by atoms with Crippen molar-refractivity contribution in [3.05, 3.63) is 86.1 Å². The summed E-state index contributed by atoms with van der Waals surface area (Å²) >= 11 is 9.97. The van der Waals surface area contributed by atoms with Gasteiger partial charge in [0.25, 0.3) is 0 Å². The van der Waals surface area contributed by atoms with E-state index in [1.54, 1.807) is 0 Å². The number of fused-ring (bicyclic) bond motifs is 14. The second-order valence-corrected chi connectivity index (χ2v) is 18.2. The van der Waals surface area contributed by atoms with Crippen molar-refractivity contribution in [1.82, 2.24) is 0 Å². The van der Waals surface area contributed by atoms with E-state index in [-0.39, 0.29) is 10.8 Å². The van der Waals surface area contributed by atoms with Gasteiger partial charge in [-0.1, -0.05) is 90.1 Å². The first-order valence-corrected chi connectivity index (χ1v) is 18.9. The van der Waals surface area contributed by atoms with Gasteiger partial charge in [0.05, 0.1) is 7.14 Å². The van der Waals surface area contributed by atoms with Gasteiger partial charge in [-0.05, 0) is 146 Å². The molecule has 0 aliphatic heterocycles. The number of halogens is 4.